The maximum Gasteiger partial charge on any atom is 0.416 e. The second-order valence-electron chi connectivity index (χ2n) is 9.63. The number of rotatable bonds is 9. The number of halogens is 3. The van der Waals surface area contributed by atoms with Gasteiger partial charge in [0.25, 0.3) is 5.56 Å². The number of thioether (sulfide) groups is 1. The van der Waals surface area contributed by atoms with Crippen molar-refractivity contribution in [3.05, 3.63) is 117 Å². The number of carbonyl (C=O) groups is 1. The summed E-state index contributed by atoms with van der Waals surface area (Å²) < 4.78 is 40.3. The van der Waals surface area contributed by atoms with Crippen LogP contribution in [0.3, 0.4) is 0 Å². The van der Waals surface area contributed by atoms with E-state index in [2.05, 4.69) is 4.98 Å². The molecule has 3 aromatic carbocycles. The summed E-state index contributed by atoms with van der Waals surface area (Å²) in [6.07, 6.45) is -2.13. The van der Waals surface area contributed by atoms with E-state index < -0.39 is 11.7 Å². The van der Waals surface area contributed by atoms with Crippen molar-refractivity contribution in [3.8, 4) is 11.1 Å². The van der Waals surface area contributed by atoms with Crippen LogP contribution in [0.5, 0.6) is 0 Å². The smallest absolute Gasteiger partial charge is 0.340 e. The van der Waals surface area contributed by atoms with Gasteiger partial charge in [0.1, 0.15) is 6.54 Å². The van der Waals surface area contributed by atoms with Crippen LogP contribution in [0.1, 0.15) is 34.7 Å². The largest absolute Gasteiger partial charge is 0.416 e. The molecule has 9 heteroatoms. The van der Waals surface area contributed by atoms with E-state index in [9.17, 15) is 22.8 Å². The standard InChI is InChI=1S/C31H30F3N3O2S/c1-4-24-18-37(30(35-29(24)39)40-20-23-7-5-21(2)6-8-23)19-28(38)36(3)17-22-9-11-25(12-10-22)26-13-15-27(16-14-26)31(32,33)34/h5-16,18H,4,17,19-20H2,1-3H3. The monoisotopic (exact) mass is 565 g/mol. The lowest BCUT2D eigenvalue weighted by Gasteiger charge is -2.20. The second-order valence-corrected chi connectivity index (χ2v) is 10.6. The number of aromatic nitrogens is 2. The lowest BCUT2D eigenvalue weighted by atomic mass is 10.0. The van der Waals surface area contributed by atoms with Crippen molar-refractivity contribution in [2.24, 2.45) is 0 Å². The van der Waals surface area contributed by atoms with E-state index in [1.165, 1.54) is 29.5 Å². The van der Waals surface area contributed by atoms with Gasteiger partial charge in [0.05, 0.1) is 5.56 Å². The van der Waals surface area contributed by atoms with Gasteiger partial charge in [-0.05, 0) is 47.7 Å². The molecule has 0 atom stereocenters. The Morgan fingerprint density at radius 3 is 2.08 bits per heavy atom. The third kappa shape index (κ3) is 7.41. The molecular weight excluding hydrogens is 535 g/mol. The van der Waals surface area contributed by atoms with Crippen molar-refractivity contribution in [1.82, 2.24) is 14.5 Å². The highest BCUT2D eigenvalue weighted by molar-refractivity contribution is 7.98. The summed E-state index contributed by atoms with van der Waals surface area (Å²) >= 11 is 1.42. The number of benzene rings is 3. The summed E-state index contributed by atoms with van der Waals surface area (Å²) in [7, 11) is 1.71. The number of hydrogen-bond acceptors (Lipinski definition) is 4. The van der Waals surface area contributed by atoms with E-state index >= 15 is 0 Å². The van der Waals surface area contributed by atoms with E-state index in [-0.39, 0.29) is 18.0 Å². The molecule has 0 aliphatic carbocycles. The van der Waals surface area contributed by atoms with Crippen LogP contribution in [-0.2, 0) is 36.2 Å². The van der Waals surface area contributed by atoms with E-state index in [1.54, 1.807) is 22.7 Å². The maximum atomic E-state index is 13.2. The zero-order valence-corrected chi connectivity index (χ0v) is 23.4. The van der Waals surface area contributed by atoms with Crippen LogP contribution in [0.2, 0.25) is 0 Å². The molecule has 0 saturated carbocycles. The van der Waals surface area contributed by atoms with Crippen LogP contribution in [0, 0.1) is 6.92 Å². The third-order valence-corrected chi connectivity index (χ3v) is 7.61. The molecule has 40 heavy (non-hydrogen) atoms. The van der Waals surface area contributed by atoms with Crippen LogP contribution in [0.25, 0.3) is 11.1 Å². The molecule has 0 bridgehead atoms. The lowest BCUT2D eigenvalue weighted by molar-refractivity contribution is -0.137. The number of aryl methyl sites for hydroxylation is 2. The van der Waals surface area contributed by atoms with Gasteiger partial charge in [0.2, 0.25) is 5.91 Å². The van der Waals surface area contributed by atoms with Gasteiger partial charge in [0, 0.05) is 31.1 Å². The Balaban J connectivity index is 1.43. The molecule has 5 nitrogen and oxygen atoms in total. The predicted molar refractivity (Wildman–Crippen MR) is 152 cm³/mol. The molecule has 1 amide bonds. The van der Waals surface area contributed by atoms with Gasteiger partial charge in [-0.2, -0.15) is 18.2 Å². The normalized spacial score (nSPS) is 11.4. The Morgan fingerprint density at radius 1 is 0.925 bits per heavy atom. The van der Waals surface area contributed by atoms with Gasteiger partial charge < -0.3 is 9.47 Å². The minimum absolute atomic E-state index is 0.0383. The third-order valence-electron chi connectivity index (χ3n) is 6.55. The van der Waals surface area contributed by atoms with Crippen molar-refractivity contribution < 1.29 is 18.0 Å². The molecule has 0 aliphatic heterocycles. The Kier molecular flexibility index (Phi) is 9.14. The summed E-state index contributed by atoms with van der Waals surface area (Å²) in [5.41, 5.74) is 4.19. The maximum absolute atomic E-state index is 13.2. The van der Waals surface area contributed by atoms with Gasteiger partial charge in [-0.3, -0.25) is 9.59 Å². The van der Waals surface area contributed by atoms with Crippen LogP contribution >= 0.6 is 11.8 Å². The zero-order chi connectivity index (χ0) is 28.9. The first kappa shape index (κ1) is 29.1. The highest BCUT2D eigenvalue weighted by atomic mass is 32.2. The Labute approximate surface area is 235 Å². The average molecular weight is 566 g/mol. The van der Waals surface area contributed by atoms with Crippen LogP contribution < -0.4 is 5.56 Å². The van der Waals surface area contributed by atoms with Crippen molar-refractivity contribution >= 4 is 17.7 Å². The summed E-state index contributed by atoms with van der Waals surface area (Å²) in [6, 6.07) is 20.5. The van der Waals surface area contributed by atoms with Gasteiger partial charge in [-0.25, -0.2) is 0 Å². The number of alkyl halides is 3. The van der Waals surface area contributed by atoms with Crippen molar-refractivity contribution in [1.29, 1.82) is 0 Å². The molecule has 4 rings (SSSR count). The van der Waals surface area contributed by atoms with E-state index in [0.717, 1.165) is 28.8 Å². The molecule has 208 valence electrons. The molecule has 0 saturated heterocycles. The molecule has 0 unspecified atom stereocenters. The topological polar surface area (TPSA) is 55.2 Å². The lowest BCUT2D eigenvalue weighted by Crippen LogP contribution is -2.31. The number of amides is 1. The highest BCUT2D eigenvalue weighted by Crippen LogP contribution is 2.31. The molecule has 4 aromatic rings. The van der Waals surface area contributed by atoms with Crippen molar-refractivity contribution in [2.45, 2.75) is 50.4 Å². The van der Waals surface area contributed by atoms with Gasteiger partial charge in [-0.15, -0.1) is 0 Å². The number of carbonyl (C=O) groups excluding carboxylic acids is 1. The van der Waals surface area contributed by atoms with E-state index in [0.29, 0.717) is 35.0 Å². The number of likely N-dealkylation sites (N-methyl/N-ethyl adjacent to an activating group) is 1. The minimum Gasteiger partial charge on any atom is -0.340 e. The van der Waals surface area contributed by atoms with E-state index in [4.69, 9.17) is 0 Å². The summed E-state index contributed by atoms with van der Waals surface area (Å²) in [5.74, 6) is 0.476. The molecule has 1 heterocycles. The summed E-state index contributed by atoms with van der Waals surface area (Å²) in [6.45, 7) is 4.29. The molecule has 1 aromatic heterocycles. The van der Waals surface area contributed by atoms with Gasteiger partial charge in [0.15, 0.2) is 5.16 Å². The molecular formula is C31H30F3N3O2S. The molecule has 0 fully saturated rings. The summed E-state index contributed by atoms with van der Waals surface area (Å²) in [4.78, 5) is 31.5. The SMILES string of the molecule is CCc1cn(CC(=O)N(C)Cc2ccc(-c3ccc(C(F)(F)F)cc3)cc2)c(SCc2ccc(C)cc2)nc1=O. The van der Waals surface area contributed by atoms with Crippen molar-refractivity contribution in [3.63, 3.8) is 0 Å². The van der Waals surface area contributed by atoms with Crippen molar-refractivity contribution in [2.75, 3.05) is 7.05 Å². The molecule has 0 radical (unpaired) electrons. The first-order chi connectivity index (χ1) is 19.0. The van der Waals surface area contributed by atoms with Crippen LogP contribution in [-0.4, -0.2) is 27.4 Å². The van der Waals surface area contributed by atoms with Gasteiger partial charge in [-0.1, -0.05) is 84.9 Å². The molecule has 0 spiro atoms. The first-order valence-corrected chi connectivity index (χ1v) is 13.8. The minimum atomic E-state index is -4.37. The Bertz CT molecular complexity index is 1510. The van der Waals surface area contributed by atoms with Crippen LogP contribution in [0.15, 0.2) is 88.9 Å². The first-order valence-electron chi connectivity index (χ1n) is 12.8. The average Bonchev–Trinajstić information content (AvgIpc) is 2.93. The fraction of sp³-hybridized carbons (Fsp3) is 0.258. The quantitative estimate of drug-likeness (QED) is 0.166. The van der Waals surface area contributed by atoms with Crippen LogP contribution in [0.4, 0.5) is 13.2 Å². The fourth-order valence-electron chi connectivity index (χ4n) is 4.11. The summed E-state index contributed by atoms with van der Waals surface area (Å²) in [5, 5.41) is 0.491. The predicted octanol–water partition coefficient (Wildman–Crippen LogP) is 6.75. The number of hydrogen-bond donors (Lipinski definition) is 0. The molecule has 0 N–H and O–H groups in total. The fourth-order valence-corrected chi connectivity index (χ4v) is 5.03. The Hall–Kier alpha value is -3.85. The molecule has 0 aliphatic rings. The zero-order valence-electron chi connectivity index (χ0n) is 22.5. The Morgan fingerprint density at radius 2 is 1.50 bits per heavy atom. The van der Waals surface area contributed by atoms with Gasteiger partial charge >= 0.3 is 6.18 Å². The van der Waals surface area contributed by atoms with E-state index in [1.807, 2.05) is 62.4 Å². The highest BCUT2D eigenvalue weighted by Gasteiger charge is 2.30. The second kappa shape index (κ2) is 12.6. The number of nitrogens with zero attached hydrogens (tertiary/aromatic N) is 3.